The number of aromatic hydroxyl groups is 1. The molecule has 1 fully saturated rings. The van der Waals surface area contributed by atoms with Crippen molar-refractivity contribution in [3.8, 4) is 5.75 Å². The Morgan fingerprint density at radius 1 is 1.00 bits per heavy atom. The number of fused-ring (bicyclic) bond motifs is 1. The summed E-state index contributed by atoms with van der Waals surface area (Å²) in [6, 6.07) is 15.9. The smallest absolute Gasteiger partial charge is 0.280 e. The zero-order valence-corrected chi connectivity index (χ0v) is 15.9. The van der Waals surface area contributed by atoms with E-state index < -0.39 is 0 Å². The largest absolute Gasteiger partial charge is 0.506 e. The molecule has 0 spiro atoms. The number of phenolic OH excluding ortho intramolecular Hbond substituents is 1. The van der Waals surface area contributed by atoms with Gasteiger partial charge in [-0.05, 0) is 36.6 Å². The number of hydrogen-bond acceptors (Lipinski definition) is 3. The first-order valence-corrected chi connectivity index (χ1v) is 9.86. The fourth-order valence-corrected chi connectivity index (χ4v) is 4.33. The fraction of sp³-hybridized carbons (Fsp3) is 0.409. The molecule has 0 aromatic heterocycles. The first-order chi connectivity index (χ1) is 13.1. The summed E-state index contributed by atoms with van der Waals surface area (Å²) in [5, 5.41) is 10.1. The van der Waals surface area contributed by atoms with Crippen LogP contribution in [0.15, 0.2) is 48.5 Å². The van der Waals surface area contributed by atoms with E-state index in [1.54, 1.807) is 6.07 Å². The van der Waals surface area contributed by atoms with Gasteiger partial charge in [-0.2, -0.15) is 0 Å². The Morgan fingerprint density at radius 2 is 1.67 bits per heavy atom. The maximum Gasteiger partial charge on any atom is 0.280 e. The maximum absolute atomic E-state index is 13.1. The Labute approximate surface area is 160 Å². The highest BCUT2D eigenvalue weighted by Crippen LogP contribution is 2.26. The molecular weight excluding hydrogens is 338 g/mol. The molecule has 0 bridgehead atoms. The Morgan fingerprint density at radius 3 is 2.41 bits per heavy atom. The molecular formula is C22H28N3O2+. The van der Waals surface area contributed by atoms with Crippen molar-refractivity contribution in [1.82, 2.24) is 4.90 Å². The monoisotopic (exact) mass is 366 g/mol. The highest BCUT2D eigenvalue weighted by molar-refractivity contribution is 5.80. The average Bonchev–Trinajstić information content (AvgIpc) is 2.73. The van der Waals surface area contributed by atoms with Gasteiger partial charge in [0.2, 0.25) is 0 Å². The van der Waals surface area contributed by atoms with Crippen LogP contribution in [0.2, 0.25) is 0 Å². The van der Waals surface area contributed by atoms with Crippen molar-refractivity contribution < 1.29 is 14.8 Å². The van der Waals surface area contributed by atoms with Crippen molar-refractivity contribution in [2.24, 2.45) is 0 Å². The highest BCUT2D eigenvalue weighted by Gasteiger charge is 2.33. The summed E-state index contributed by atoms with van der Waals surface area (Å²) < 4.78 is 0. The molecule has 142 valence electrons. The third kappa shape index (κ3) is 3.65. The number of quaternary nitrogens is 1. The SMILES string of the molecule is C[C@@H](C(=O)N1CCc2ccccc2C1)[NH+]1CCN(c2ccccc2O)CC1. The molecule has 5 heteroatoms. The molecule has 2 heterocycles. The molecule has 4 rings (SSSR count). The number of piperazine rings is 1. The topological polar surface area (TPSA) is 48.2 Å². The number of rotatable bonds is 3. The summed E-state index contributed by atoms with van der Waals surface area (Å²) in [4.78, 5) is 18.6. The predicted octanol–water partition coefficient (Wildman–Crippen LogP) is 1.07. The lowest BCUT2D eigenvalue weighted by molar-refractivity contribution is -0.915. The van der Waals surface area contributed by atoms with Crippen LogP contribution in [0, 0.1) is 0 Å². The van der Waals surface area contributed by atoms with Crippen LogP contribution in [0.4, 0.5) is 5.69 Å². The van der Waals surface area contributed by atoms with Crippen molar-refractivity contribution >= 4 is 11.6 Å². The number of para-hydroxylation sites is 2. The molecule has 0 saturated carbocycles. The second-order valence-corrected chi connectivity index (χ2v) is 7.63. The van der Waals surface area contributed by atoms with E-state index in [0.29, 0.717) is 5.75 Å². The molecule has 2 aliphatic rings. The highest BCUT2D eigenvalue weighted by atomic mass is 16.3. The molecule has 2 N–H and O–H groups in total. The third-order valence-electron chi connectivity index (χ3n) is 6.05. The van der Waals surface area contributed by atoms with Gasteiger partial charge in [0.25, 0.3) is 5.91 Å². The Hall–Kier alpha value is -2.53. The molecule has 0 radical (unpaired) electrons. The summed E-state index contributed by atoms with van der Waals surface area (Å²) in [7, 11) is 0. The van der Waals surface area contributed by atoms with Gasteiger partial charge in [-0.15, -0.1) is 0 Å². The van der Waals surface area contributed by atoms with Gasteiger partial charge in [-0.1, -0.05) is 36.4 Å². The molecule has 2 aliphatic heterocycles. The van der Waals surface area contributed by atoms with Crippen molar-refractivity contribution in [3.63, 3.8) is 0 Å². The number of benzene rings is 2. The number of hydrogen-bond donors (Lipinski definition) is 2. The zero-order valence-electron chi connectivity index (χ0n) is 15.9. The molecule has 1 amide bonds. The lowest BCUT2D eigenvalue weighted by Gasteiger charge is -2.38. The summed E-state index contributed by atoms with van der Waals surface area (Å²) in [6.45, 7) is 7.14. The van der Waals surface area contributed by atoms with E-state index in [1.807, 2.05) is 23.1 Å². The van der Waals surface area contributed by atoms with Crippen LogP contribution in [0.1, 0.15) is 18.1 Å². The minimum absolute atomic E-state index is 0.0261. The van der Waals surface area contributed by atoms with Crippen LogP contribution >= 0.6 is 0 Å². The van der Waals surface area contributed by atoms with Gasteiger partial charge in [0.1, 0.15) is 5.75 Å². The van der Waals surface area contributed by atoms with Crippen LogP contribution in [-0.4, -0.2) is 54.7 Å². The minimum Gasteiger partial charge on any atom is -0.506 e. The van der Waals surface area contributed by atoms with Gasteiger partial charge in [-0.3, -0.25) is 4.79 Å². The van der Waals surface area contributed by atoms with Gasteiger partial charge < -0.3 is 19.8 Å². The van der Waals surface area contributed by atoms with E-state index in [1.165, 1.54) is 16.0 Å². The first-order valence-electron chi connectivity index (χ1n) is 9.86. The van der Waals surface area contributed by atoms with Gasteiger partial charge in [0.15, 0.2) is 6.04 Å². The van der Waals surface area contributed by atoms with Gasteiger partial charge in [-0.25, -0.2) is 0 Å². The Bertz CT molecular complexity index is 815. The third-order valence-corrected chi connectivity index (χ3v) is 6.05. The van der Waals surface area contributed by atoms with E-state index in [0.717, 1.165) is 51.4 Å². The second kappa shape index (κ2) is 7.61. The normalized spacial score (nSPS) is 18.9. The standard InChI is InChI=1S/C22H27N3O2/c1-17(22(27)25-11-10-18-6-2-3-7-19(18)16-25)23-12-14-24(15-13-23)20-8-4-5-9-21(20)26/h2-9,17,26H,10-16H2,1H3/p+1/t17-/m0/s1. The lowest BCUT2D eigenvalue weighted by atomic mass is 9.99. The van der Waals surface area contributed by atoms with Crippen molar-refractivity contribution in [3.05, 3.63) is 59.7 Å². The fourth-order valence-electron chi connectivity index (χ4n) is 4.33. The maximum atomic E-state index is 13.1. The summed E-state index contributed by atoms with van der Waals surface area (Å²) in [5.41, 5.74) is 3.55. The lowest BCUT2D eigenvalue weighted by Crippen LogP contribution is -3.19. The van der Waals surface area contributed by atoms with Crippen LogP contribution in [-0.2, 0) is 17.8 Å². The van der Waals surface area contributed by atoms with E-state index in [4.69, 9.17) is 0 Å². The molecule has 0 aliphatic carbocycles. The quantitative estimate of drug-likeness (QED) is 0.854. The minimum atomic E-state index is -0.0261. The predicted molar refractivity (Wildman–Crippen MR) is 106 cm³/mol. The van der Waals surface area contributed by atoms with E-state index in [2.05, 4.69) is 36.1 Å². The zero-order chi connectivity index (χ0) is 18.8. The number of carbonyl (C=O) groups is 1. The number of amides is 1. The molecule has 2 aromatic carbocycles. The van der Waals surface area contributed by atoms with Gasteiger partial charge >= 0.3 is 0 Å². The Balaban J connectivity index is 1.36. The van der Waals surface area contributed by atoms with E-state index in [9.17, 15) is 9.90 Å². The molecule has 27 heavy (non-hydrogen) atoms. The number of anilines is 1. The summed E-state index contributed by atoms with van der Waals surface area (Å²) >= 11 is 0. The van der Waals surface area contributed by atoms with Gasteiger partial charge in [0.05, 0.1) is 31.9 Å². The molecule has 0 unspecified atom stereocenters. The second-order valence-electron chi connectivity index (χ2n) is 7.63. The molecule has 5 nitrogen and oxygen atoms in total. The van der Waals surface area contributed by atoms with Crippen LogP contribution in [0.5, 0.6) is 5.75 Å². The van der Waals surface area contributed by atoms with Crippen molar-refractivity contribution in [2.75, 3.05) is 37.6 Å². The van der Waals surface area contributed by atoms with E-state index >= 15 is 0 Å². The number of nitrogens with zero attached hydrogens (tertiary/aromatic N) is 2. The summed E-state index contributed by atoms with van der Waals surface area (Å²) in [5.74, 6) is 0.590. The van der Waals surface area contributed by atoms with Crippen LogP contribution < -0.4 is 9.80 Å². The average molecular weight is 366 g/mol. The number of phenols is 1. The number of nitrogens with one attached hydrogen (secondary N) is 1. The first kappa shape index (κ1) is 17.9. The molecule has 1 saturated heterocycles. The molecule has 2 aromatic rings. The number of carbonyl (C=O) groups excluding carboxylic acids is 1. The Kier molecular flexibility index (Phi) is 5.03. The van der Waals surface area contributed by atoms with Crippen LogP contribution in [0.25, 0.3) is 0 Å². The van der Waals surface area contributed by atoms with E-state index in [-0.39, 0.29) is 11.9 Å². The van der Waals surface area contributed by atoms with Crippen molar-refractivity contribution in [2.45, 2.75) is 25.9 Å². The van der Waals surface area contributed by atoms with Gasteiger partial charge in [0, 0.05) is 13.1 Å². The van der Waals surface area contributed by atoms with Crippen molar-refractivity contribution in [1.29, 1.82) is 0 Å². The summed E-state index contributed by atoms with van der Waals surface area (Å²) in [6.07, 6.45) is 0.949. The van der Waals surface area contributed by atoms with Crippen LogP contribution in [0.3, 0.4) is 0 Å². The molecule has 1 atom stereocenters.